The van der Waals surface area contributed by atoms with Crippen LogP contribution in [0.25, 0.3) is 0 Å². The van der Waals surface area contributed by atoms with Crippen molar-refractivity contribution in [3.05, 3.63) is 24.3 Å². The summed E-state index contributed by atoms with van der Waals surface area (Å²) in [7, 11) is 0. The van der Waals surface area contributed by atoms with E-state index >= 15 is 0 Å². The molecule has 2 N–H and O–H groups in total. The molecule has 0 aromatic heterocycles. The number of anilines is 1. The van der Waals surface area contributed by atoms with Crippen LogP contribution in [0.2, 0.25) is 0 Å². The van der Waals surface area contributed by atoms with E-state index < -0.39 is 0 Å². The number of nitrogens with one attached hydrogen (secondary N) is 2. The summed E-state index contributed by atoms with van der Waals surface area (Å²) in [4.78, 5) is 26.5. The number of thioether (sulfide) groups is 1. The Labute approximate surface area is 148 Å². The van der Waals surface area contributed by atoms with Crippen LogP contribution in [-0.2, 0) is 9.59 Å². The van der Waals surface area contributed by atoms with Gasteiger partial charge in [-0.25, -0.2) is 0 Å². The van der Waals surface area contributed by atoms with E-state index in [4.69, 9.17) is 0 Å². The van der Waals surface area contributed by atoms with Gasteiger partial charge in [-0.15, -0.1) is 24.2 Å². The molecule has 128 valence electrons. The molecule has 1 aromatic carbocycles. The Kier molecular flexibility index (Phi) is 7.88. The van der Waals surface area contributed by atoms with Crippen LogP contribution in [0, 0.1) is 0 Å². The van der Waals surface area contributed by atoms with Gasteiger partial charge in [-0.3, -0.25) is 9.59 Å². The normalized spacial score (nSPS) is 18.7. The standard InChI is InChI=1S/C16H23N3O2S.ClH/c1-11-10-17-8-9-19(11)16(21)12(2)22-15-6-4-14(5-7-15)18-13(3)20;/h4-7,11-12,17H,8-10H2,1-3H3,(H,18,20);1H. The molecule has 0 saturated carbocycles. The van der Waals surface area contributed by atoms with Crippen LogP contribution in [-0.4, -0.2) is 47.6 Å². The predicted molar refractivity (Wildman–Crippen MR) is 97.4 cm³/mol. The number of carbonyl (C=O) groups excluding carboxylic acids is 2. The third-order valence-electron chi connectivity index (χ3n) is 3.62. The number of benzene rings is 1. The molecule has 1 fully saturated rings. The van der Waals surface area contributed by atoms with Crippen molar-refractivity contribution in [3.8, 4) is 0 Å². The molecule has 1 saturated heterocycles. The average molecular weight is 358 g/mol. The largest absolute Gasteiger partial charge is 0.336 e. The Morgan fingerprint density at radius 1 is 1.35 bits per heavy atom. The predicted octanol–water partition coefficient (Wildman–Crippen LogP) is 2.37. The zero-order valence-corrected chi connectivity index (χ0v) is 15.3. The Hall–Kier alpha value is -1.24. The molecule has 2 unspecified atom stereocenters. The van der Waals surface area contributed by atoms with Gasteiger partial charge in [0.05, 0.1) is 5.25 Å². The molecule has 1 aliphatic heterocycles. The fourth-order valence-electron chi connectivity index (χ4n) is 2.48. The van der Waals surface area contributed by atoms with E-state index in [2.05, 4.69) is 17.6 Å². The lowest BCUT2D eigenvalue weighted by atomic mass is 10.2. The van der Waals surface area contributed by atoms with Crippen LogP contribution < -0.4 is 10.6 Å². The van der Waals surface area contributed by atoms with Crippen molar-refractivity contribution in [1.82, 2.24) is 10.2 Å². The summed E-state index contributed by atoms with van der Waals surface area (Å²) in [5, 5.41) is 5.91. The lowest BCUT2D eigenvalue weighted by Crippen LogP contribution is -2.54. The number of hydrogen-bond acceptors (Lipinski definition) is 4. The summed E-state index contributed by atoms with van der Waals surface area (Å²) in [6.07, 6.45) is 0. The molecule has 1 heterocycles. The third kappa shape index (κ3) is 5.71. The molecule has 1 aliphatic rings. The molecule has 0 spiro atoms. The Balaban J connectivity index is 0.00000264. The van der Waals surface area contributed by atoms with Gasteiger partial charge in [0.25, 0.3) is 0 Å². The van der Waals surface area contributed by atoms with Crippen molar-refractivity contribution in [3.63, 3.8) is 0 Å². The molecule has 0 radical (unpaired) electrons. The first kappa shape index (κ1) is 19.8. The van der Waals surface area contributed by atoms with Crippen LogP contribution in [0.4, 0.5) is 5.69 Å². The highest BCUT2D eigenvalue weighted by Crippen LogP contribution is 2.26. The van der Waals surface area contributed by atoms with Gasteiger partial charge >= 0.3 is 0 Å². The molecule has 0 aliphatic carbocycles. The zero-order valence-electron chi connectivity index (χ0n) is 13.7. The maximum Gasteiger partial charge on any atom is 0.236 e. The zero-order chi connectivity index (χ0) is 16.1. The molecule has 5 nitrogen and oxygen atoms in total. The second-order valence-electron chi connectivity index (χ2n) is 5.55. The van der Waals surface area contributed by atoms with Crippen molar-refractivity contribution >= 4 is 41.7 Å². The van der Waals surface area contributed by atoms with Crippen molar-refractivity contribution < 1.29 is 9.59 Å². The van der Waals surface area contributed by atoms with Gasteiger partial charge in [-0.05, 0) is 38.1 Å². The second-order valence-corrected chi connectivity index (χ2v) is 6.96. The van der Waals surface area contributed by atoms with Gasteiger partial charge in [0.1, 0.15) is 0 Å². The van der Waals surface area contributed by atoms with E-state index in [9.17, 15) is 9.59 Å². The van der Waals surface area contributed by atoms with Crippen LogP contribution >= 0.6 is 24.2 Å². The van der Waals surface area contributed by atoms with Gasteiger partial charge in [-0.2, -0.15) is 0 Å². The molecule has 7 heteroatoms. The first-order chi connectivity index (χ1) is 10.5. The lowest BCUT2D eigenvalue weighted by Gasteiger charge is -2.35. The Morgan fingerprint density at radius 2 is 2.00 bits per heavy atom. The van der Waals surface area contributed by atoms with Crippen LogP contribution in [0.1, 0.15) is 20.8 Å². The summed E-state index contributed by atoms with van der Waals surface area (Å²) < 4.78 is 0. The minimum absolute atomic E-state index is 0. The van der Waals surface area contributed by atoms with Crippen molar-refractivity contribution in [2.45, 2.75) is 37.0 Å². The van der Waals surface area contributed by atoms with E-state index in [1.165, 1.54) is 6.92 Å². The number of piperazine rings is 1. The maximum absolute atomic E-state index is 12.5. The molecule has 0 bridgehead atoms. The van der Waals surface area contributed by atoms with Gasteiger partial charge in [0.15, 0.2) is 0 Å². The van der Waals surface area contributed by atoms with Gasteiger partial charge in [0.2, 0.25) is 11.8 Å². The summed E-state index contributed by atoms with van der Waals surface area (Å²) in [6, 6.07) is 7.82. The smallest absolute Gasteiger partial charge is 0.236 e. The number of amides is 2. The van der Waals surface area contributed by atoms with Crippen LogP contribution in [0.15, 0.2) is 29.2 Å². The molecular formula is C16H24ClN3O2S. The van der Waals surface area contributed by atoms with Gasteiger partial charge in [0, 0.05) is 43.2 Å². The highest BCUT2D eigenvalue weighted by Gasteiger charge is 2.27. The number of halogens is 1. The first-order valence-corrected chi connectivity index (χ1v) is 8.41. The van der Waals surface area contributed by atoms with E-state index in [1.54, 1.807) is 11.8 Å². The van der Waals surface area contributed by atoms with Crippen molar-refractivity contribution in [2.75, 3.05) is 25.0 Å². The summed E-state index contributed by atoms with van der Waals surface area (Å²) >= 11 is 1.55. The Bertz CT molecular complexity index is 539. The average Bonchev–Trinajstić information content (AvgIpc) is 2.48. The molecule has 23 heavy (non-hydrogen) atoms. The van der Waals surface area contributed by atoms with E-state index in [0.717, 1.165) is 30.2 Å². The number of rotatable bonds is 4. The minimum Gasteiger partial charge on any atom is -0.336 e. The molecule has 2 rings (SSSR count). The highest BCUT2D eigenvalue weighted by atomic mass is 35.5. The van der Waals surface area contributed by atoms with E-state index in [0.29, 0.717) is 0 Å². The second kappa shape index (κ2) is 9.15. The minimum atomic E-state index is -0.118. The van der Waals surface area contributed by atoms with Crippen molar-refractivity contribution in [1.29, 1.82) is 0 Å². The fraction of sp³-hybridized carbons (Fsp3) is 0.500. The monoisotopic (exact) mass is 357 g/mol. The molecule has 2 atom stereocenters. The van der Waals surface area contributed by atoms with Gasteiger partial charge < -0.3 is 15.5 Å². The van der Waals surface area contributed by atoms with Crippen molar-refractivity contribution in [2.24, 2.45) is 0 Å². The molecule has 2 amide bonds. The molecular weight excluding hydrogens is 334 g/mol. The van der Waals surface area contributed by atoms with E-state index in [-0.39, 0.29) is 35.5 Å². The number of nitrogens with zero attached hydrogens (tertiary/aromatic N) is 1. The quantitative estimate of drug-likeness (QED) is 0.812. The maximum atomic E-state index is 12.5. The lowest BCUT2D eigenvalue weighted by molar-refractivity contribution is -0.133. The van der Waals surface area contributed by atoms with Crippen LogP contribution in [0.3, 0.4) is 0 Å². The SMILES string of the molecule is CC(=O)Nc1ccc(SC(C)C(=O)N2CCNCC2C)cc1.Cl. The summed E-state index contributed by atoms with van der Waals surface area (Å²) in [5.74, 6) is 0.0987. The molecule has 1 aromatic rings. The summed E-state index contributed by atoms with van der Waals surface area (Å²) in [5.41, 5.74) is 0.770. The van der Waals surface area contributed by atoms with Gasteiger partial charge in [-0.1, -0.05) is 0 Å². The van der Waals surface area contributed by atoms with E-state index in [1.807, 2.05) is 36.1 Å². The number of hydrogen-bond donors (Lipinski definition) is 2. The third-order valence-corrected chi connectivity index (χ3v) is 4.72. The Morgan fingerprint density at radius 3 is 2.57 bits per heavy atom. The highest BCUT2D eigenvalue weighted by molar-refractivity contribution is 8.00. The number of carbonyl (C=O) groups is 2. The summed E-state index contributed by atoms with van der Waals surface area (Å²) in [6.45, 7) is 7.99. The fourth-order valence-corrected chi connectivity index (χ4v) is 3.41. The topological polar surface area (TPSA) is 61.4 Å². The van der Waals surface area contributed by atoms with Crippen LogP contribution in [0.5, 0.6) is 0 Å². The first-order valence-electron chi connectivity index (χ1n) is 7.53.